The first-order valence-electron chi connectivity index (χ1n) is 5.03. The Kier molecular flexibility index (Phi) is 1.74. The van der Waals surface area contributed by atoms with Crippen LogP contribution < -0.4 is 5.84 Å². The average molecular weight is 210 g/mol. The van der Waals surface area contributed by atoms with Crippen LogP contribution in [-0.2, 0) is 0 Å². The van der Waals surface area contributed by atoms with Crippen LogP contribution in [0.1, 0.15) is 11.1 Å². The summed E-state index contributed by atoms with van der Waals surface area (Å²) in [6, 6.07) is 13.3. The van der Waals surface area contributed by atoms with Crippen LogP contribution >= 0.6 is 0 Å². The third-order valence-corrected chi connectivity index (χ3v) is 2.88. The molecule has 2 aromatic carbocycles. The molecule has 3 heteroatoms. The van der Waals surface area contributed by atoms with Crippen LogP contribution in [0.3, 0.4) is 0 Å². The molecule has 0 radical (unpaired) electrons. The fraction of sp³-hybridized carbons (Fsp3) is 0. The zero-order valence-electron chi connectivity index (χ0n) is 8.51. The van der Waals surface area contributed by atoms with Gasteiger partial charge >= 0.3 is 0 Å². The smallest absolute Gasteiger partial charge is 0.125 e. The van der Waals surface area contributed by atoms with E-state index in [4.69, 9.17) is 5.84 Å². The number of hydrogen-bond acceptors (Lipinski definition) is 3. The third-order valence-electron chi connectivity index (χ3n) is 2.88. The molecule has 3 N–H and O–H groups in total. The summed E-state index contributed by atoms with van der Waals surface area (Å²) in [6.07, 6.45) is 0. The molecule has 0 unspecified atom stereocenters. The first-order chi connectivity index (χ1) is 7.83. The Balaban J connectivity index is 2.44. The lowest BCUT2D eigenvalue weighted by molar-refractivity contribution is 0.474. The summed E-state index contributed by atoms with van der Waals surface area (Å²) in [5.41, 5.74) is 4.41. The quantitative estimate of drug-likeness (QED) is 0.441. The van der Waals surface area contributed by atoms with Crippen molar-refractivity contribution >= 4 is 5.71 Å². The Bertz CT molecular complexity index is 603. The Hall–Kier alpha value is -2.29. The minimum atomic E-state index is 0.220. The fourth-order valence-corrected chi connectivity index (χ4v) is 2.21. The first kappa shape index (κ1) is 8.97. The fourth-order valence-electron chi connectivity index (χ4n) is 2.21. The average Bonchev–Trinajstić information content (AvgIpc) is 2.65. The highest BCUT2D eigenvalue weighted by molar-refractivity contribution is 6.25. The van der Waals surface area contributed by atoms with E-state index < -0.39 is 0 Å². The Morgan fingerprint density at radius 3 is 2.31 bits per heavy atom. The second-order valence-corrected chi connectivity index (χ2v) is 3.72. The highest BCUT2D eigenvalue weighted by Gasteiger charge is 2.26. The number of aromatic hydroxyl groups is 1. The number of phenolic OH excluding ortho intramolecular Hbond substituents is 1. The SMILES string of the molecule is N/N=C1\c2ccccc2-c2cccc(O)c21. The number of hydrogen-bond donors (Lipinski definition) is 2. The van der Waals surface area contributed by atoms with Gasteiger partial charge in [-0.15, -0.1) is 0 Å². The van der Waals surface area contributed by atoms with Gasteiger partial charge in [-0.25, -0.2) is 0 Å². The topological polar surface area (TPSA) is 58.6 Å². The Morgan fingerprint density at radius 2 is 1.56 bits per heavy atom. The first-order valence-corrected chi connectivity index (χ1v) is 5.03. The number of hydrazone groups is 1. The van der Waals surface area contributed by atoms with Gasteiger partial charge in [-0.3, -0.25) is 0 Å². The van der Waals surface area contributed by atoms with Crippen molar-refractivity contribution in [2.45, 2.75) is 0 Å². The summed E-state index contributed by atoms with van der Waals surface area (Å²) in [6.45, 7) is 0. The van der Waals surface area contributed by atoms with Gasteiger partial charge in [0.25, 0.3) is 0 Å². The molecule has 0 aliphatic heterocycles. The molecule has 2 aromatic rings. The zero-order valence-corrected chi connectivity index (χ0v) is 8.51. The maximum Gasteiger partial charge on any atom is 0.125 e. The molecule has 0 spiro atoms. The van der Waals surface area contributed by atoms with Crippen molar-refractivity contribution in [1.29, 1.82) is 0 Å². The van der Waals surface area contributed by atoms with Gasteiger partial charge in [0.1, 0.15) is 11.5 Å². The lowest BCUT2D eigenvalue weighted by Gasteiger charge is -2.01. The molecule has 0 fully saturated rings. The second kappa shape index (κ2) is 3.10. The van der Waals surface area contributed by atoms with Crippen LogP contribution in [0.15, 0.2) is 47.6 Å². The molecule has 0 heterocycles. The summed E-state index contributed by atoms with van der Waals surface area (Å²) in [7, 11) is 0. The van der Waals surface area contributed by atoms with Crippen LogP contribution in [0.25, 0.3) is 11.1 Å². The van der Waals surface area contributed by atoms with Gasteiger partial charge in [0, 0.05) is 5.56 Å². The molecule has 1 aliphatic rings. The van der Waals surface area contributed by atoms with E-state index in [9.17, 15) is 5.11 Å². The summed E-state index contributed by atoms with van der Waals surface area (Å²) in [5, 5.41) is 13.7. The van der Waals surface area contributed by atoms with Gasteiger partial charge in [-0.05, 0) is 17.2 Å². The van der Waals surface area contributed by atoms with E-state index in [0.717, 1.165) is 22.3 Å². The highest BCUT2D eigenvalue weighted by atomic mass is 16.3. The van der Waals surface area contributed by atoms with Crippen molar-refractivity contribution in [2.24, 2.45) is 10.9 Å². The number of benzene rings is 2. The van der Waals surface area contributed by atoms with Gasteiger partial charge in [0.2, 0.25) is 0 Å². The number of nitrogens with zero attached hydrogens (tertiary/aromatic N) is 1. The maximum absolute atomic E-state index is 9.87. The zero-order chi connectivity index (χ0) is 11.1. The number of phenols is 1. The molecule has 1 aliphatic carbocycles. The number of fused-ring (bicyclic) bond motifs is 3. The van der Waals surface area contributed by atoms with E-state index in [1.807, 2.05) is 36.4 Å². The van der Waals surface area contributed by atoms with Crippen LogP contribution in [0.5, 0.6) is 5.75 Å². The largest absolute Gasteiger partial charge is 0.507 e. The van der Waals surface area contributed by atoms with Crippen molar-refractivity contribution in [2.75, 3.05) is 0 Å². The monoisotopic (exact) mass is 210 g/mol. The van der Waals surface area contributed by atoms with E-state index >= 15 is 0 Å². The van der Waals surface area contributed by atoms with Crippen molar-refractivity contribution < 1.29 is 5.11 Å². The predicted octanol–water partition coefficient (Wildman–Crippen LogP) is 2.08. The minimum absolute atomic E-state index is 0.220. The van der Waals surface area contributed by atoms with E-state index in [0.29, 0.717) is 5.71 Å². The molecule has 0 saturated carbocycles. The summed E-state index contributed by atoms with van der Waals surface area (Å²) < 4.78 is 0. The van der Waals surface area contributed by atoms with Gasteiger partial charge < -0.3 is 10.9 Å². The summed E-state index contributed by atoms with van der Waals surface area (Å²) in [4.78, 5) is 0. The van der Waals surface area contributed by atoms with E-state index in [2.05, 4.69) is 5.10 Å². The summed E-state index contributed by atoms with van der Waals surface area (Å²) in [5.74, 6) is 5.63. The van der Waals surface area contributed by atoms with Crippen molar-refractivity contribution in [3.8, 4) is 16.9 Å². The standard InChI is InChI=1S/C13H10N2O/c14-15-13-10-5-2-1-4-8(10)9-6-3-7-11(16)12(9)13/h1-7,16H,14H2/b15-13+. The van der Waals surface area contributed by atoms with Gasteiger partial charge in [-0.2, -0.15) is 5.10 Å². The van der Waals surface area contributed by atoms with Gasteiger partial charge in [-0.1, -0.05) is 36.4 Å². The van der Waals surface area contributed by atoms with Crippen molar-refractivity contribution in [3.63, 3.8) is 0 Å². The Morgan fingerprint density at radius 1 is 0.875 bits per heavy atom. The molecule has 0 bridgehead atoms. The molecule has 78 valence electrons. The molecule has 16 heavy (non-hydrogen) atoms. The highest BCUT2D eigenvalue weighted by Crippen LogP contribution is 2.40. The second-order valence-electron chi connectivity index (χ2n) is 3.72. The van der Waals surface area contributed by atoms with Gasteiger partial charge in [0.05, 0.1) is 5.56 Å². The molecule has 3 rings (SSSR count). The van der Waals surface area contributed by atoms with Gasteiger partial charge in [0.15, 0.2) is 0 Å². The van der Waals surface area contributed by atoms with Crippen LogP contribution in [0.4, 0.5) is 0 Å². The van der Waals surface area contributed by atoms with E-state index in [-0.39, 0.29) is 5.75 Å². The Labute approximate surface area is 92.8 Å². The van der Waals surface area contributed by atoms with Crippen LogP contribution in [-0.4, -0.2) is 10.8 Å². The molecule has 0 saturated heterocycles. The number of nitrogens with two attached hydrogens (primary N) is 1. The summed E-state index contributed by atoms with van der Waals surface area (Å²) >= 11 is 0. The molecule has 0 aromatic heterocycles. The molecular weight excluding hydrogens is 200 g/mol. The molecule has 0 atom stereocenters. The lowest BCUT2D eigenvalue weighted by Crippen LogP contribution is -2.01. The predicted molar refractivity (Wildman–Crippen MR) is 63.4 cm³/mol. The lowest BCUT2D eigenvalue weighted by atomic mass is 10.1. The van der Waals surface area contributed by atoms with Crippen molar-refractivity contribution in [3.05, 3.63) is 53.6 Å². The van der Waals surface area contributed by atoms with Crippen LogP contribution in [0, 0.1) is 0 Å². The molecular formula is C13H10N2O. The maximum atomic E-state index is 9.87. The van der Waals surface area contributed by atoms with Crippen molar-refractivity contribution in [1.82, 2.24) is 0 Å². The van der Waals surface area contributed by atoms with E-state index in [1.165, 1.54) is 0 Å². The number of rotatable bonds is 0. The normalized spacial score (nSPS) is 14.9. The minimum Gasteiger partial charge on any atom is -0.507 e. The third kappa shape index (κ3) is 0.997. The molecule has 0 amide bonds. The molecule has 3 nitrogen and oxygen atoms in total. The van der Waals surface area contributed by atoms with Crippen LogP contribution in [0.2, 0.25) is 0 Å². The van der Waals surface area contributed by atoms with E-state index in [1.54, 1.807) is 6.07 Å².